The second kappa shape index (κ2) is 4.29. The van der Waals surface area contributed by atoms with E-state index in [1.165, 1.54) is 0 Å². The van der Waals surface area contributed by atoms with Crippen LogP contribution in [0.15, 0.2) is 12.2 Å². The molecule has 0 aliphatic rings. The lowest BCUT2D eigenvalue weighted by atomic mass is 9.90. The van der Waals surface area contributed by atoms with Crippen LogP contribution < -0.4 is 5.32 Å². The Morgan fingerprint density at radius 3 is 2.33 bits per heavy atom. The third-order valence-electron chi connectivity index (χ3n) is 2.07. The Morgan fingerprint density at radius 2 is 2.00 bits per heavy atom. The van der Waals surface area contributed by atoms with Crippen molar-refractivity contribution in [2.24, 2.45) is 5.41 Å². The maximum Gasteiger partial charge on any atom is 0.246 e. The summed E-state index contributed by atoms with van der Waals surface area (Å²) in [6, 6.07) is 0. The maximum absolute atomic E-state index is 11.1. The second-order valence-electron chi connectivity index (χ2n) is 3.98. The summed E-state index contributed by atoms with van der Waals surface area (Å²) in [4.78, 5) is 11.1. The lowest BCUT2D eigenvalue weighted by molar-refractivity contribution is -0.117. The van der Waals surface area contributed by atoms with Crippen LogP contribution in [-0.4, -0.2) is 12.5 Å². The van der Waals surface area contributed by atoms with Gasteiger partial charge >= 0.3 is 0 Å². The third kappa shape index (κ3) is 4.16. The van der Waals surface area contributed by atoms with Crippen molar-refractivity contribution in [2.75, 3.05) is 6.54 Å². The summed E-state index contributed by atoms with van der Waals surface area (Å²) >= 11 is 0. The molecule has 0 rings (SSSR count). The van der Waals surface area contributed by atoms with Crippen LogP contribution in [0.25, 0.3) is 0 Å². The average Bonchev–Trinajstić information content (AvgIpc) is 2.00. The van der Waals surface area contributed by atoms with Gasteiger partial charge in [0.1, 0.15) is 0 Å². The molecule has 0 atom stereocenters. The summed E-state index contributed by atoms with van der Waals surface area (Å²) in [6.45, 7) is 12.4. The van der Waals surface area contributed by atoms with E-state index in [2.05, 4.69) is 32.7 Å². The number of amides is 1. The van der Waals surface area contributed by atoms with E-state index in [-0.39, 0.29) is 11.3 Å². The van der Waals surface area contributed by atoms with Crippen LogP contribution in [0.4, 0.5) is 0 Å². The largest absolute Gasteiger partial charge is 0.352 e. The Labute approximate surface area is 75.0 Å². The molecule has 2 heteroatoms. The van der Waals surface area contributed by atoms with Gasteiger partial charge in [-0.2, -0.15) is 0 Å². The molecule has 0 bridgehead atoms. The lowest BCUT2D eigenvalue weighted by Crippen LogP contribution is -2.33. The summed E-state index contributed by atoms with van der Waals surface area (Å²) in [5, 5.41) is 2.83. The Kier molecular flexibility index (Phi) is 4.01. The highest BCUT2D eigenvalue weighted by atomic mass is 16.1. The van der Waals surface area contributed by atoms with E-state index >= 15 is 0 Å². The SMILES string of the molecule is C=C(C)C(=O)NCC(C)(C)CC. The van der Waals surface area contributed by atoms with Crippen molar-refractivity contribution >= 4 is 5.91 Å². The fraction of sp³-hybridized carbons (Fsp3) is 0.700. The second-order valence-corrected chi connectivity index (χ2v) is 3.98. The molecule has 0 heterocycles. The third-order valence-corrected chi connectivity index (χ3v) is 2.07. The van der Waals surface area contributed by atoms with Crippen molar-refractivity contribution in [3.63, 3.8) is 0 Å². The number of hydrogen-bond donors (Lipinski definition) is 1. The van der Waals surface area contributed by atoms with Crippen molar-refractivity contribution in [1.29, 1.82) is 0 Å². The van der Waals surface area contributed by atoms with Gasteiger partial charge in [-0.3, -0.25) is 4.79 Å². The molecule has 0 spiro atoms. The number of nitrogens with one attached hydrogen (secondary N) is 1. The van der Waals surface area contributed by atoms with Crippen molar-refractivity contribution in [3.8, 4) is 0 Å². The summed E-state index contributed by atoms with van der Waals surface area (Å²) in [5.74, 6) is -0.0449. The minimum atomic E-state index is -0.0449. The molecule has 70 valence electrons. The van der Waals surface area contributed by atoms with Crippen molar-refractivity contribution in [2.45, 2.75) is 34.1 Å². The molecule has 0 aliphatic carbocycles. The Bertz CT molecular complexity index is 182. The predicted octanol–water partition coefficient (Wildman–Crippen LogP) is 2.11. The van der Waals surface area contributed by atoms with E-state index in [0.29, 0.717) is 5.57 Å². The smallest absolute Gasteiger partial charge is 0.246 e. The van der Waals surface area contributed by atoms with E-state index < -0.39 is 0 Å². The molecular formula is C10H19NO. The quantitative estimate of drug-likeness (QED) is 0.642. The van der Waals surface area contributed by atoms with Gasteiger partial charge in [0.05, 0.1) is 0 Å². The molecule has 1 amide bonds. The normalized spacial score (nSPS) is 11.0. The molecule has 1 N–H and O–H groups in total. The van der Waals surface area contributed by atoms with Gasteiger partial charge in [0, 0.05) is 12.1 Å². The number of hydrogen-bond acceptors (Lipinski definition) is 1. The molecule has 0 unspecified atom stereocenters. The van der Waals surface area contributed by atoms with Crippen LogP contribution in [0.1, 0.15) is 34.1 Å². The van der Waals surface area contributed by atoms with Gasteiger partial charge in [-0.05, 0) is 18.8 Å². The van der Waals surface area contributed by atoms with Crippen LogP contribution >= 0.6 is 0 Å². The summed E-state index contributed by atoms with van der Waals surface area (Å²) in [7, 11) is 0. The highest BCUT2D eigenvalue weighted by molar-refractivity contribution is 5.92. The predicted molar refractivity (Wildman–Crippen MR) is 51.9 cm³/mol. The molecule has 2 nitrogen and oxygen atoms in total. The van der Waals surface area contributed by atoms with Gasteiger partial charge in [-0.15, -0.1) is 0 Å². The van der Waals surface area contributed by atoms with Crippen LogP contribution in [-0.2, 0) is 4.79 Å². The highest BCUT2D eigenvalue weighted by Gasteiger charge is 2.15. The van der Waals surface area contributed by atoms with Crippen LogP contribution in [0, 0.1) is 5.41 Å². The van der Waals surface area contributed by atoms with Crippen LogP contribution in [0.2, 0.25) is 0 Å². The Balaban J connectivity index is 3.83. The van der Waals surface area contributed by atoms with E-state index in [0.717, 1.165) is 13.0 Å². The van der Waals surface area contributed by atoms with Gasteiger partial charge in [-0.1, -0.05) is 27.4 Å². The van der Waals surface area contributed by atoms with Crippen molar-refractivity contribution in [1.82, 2.24) is 5.32 Å². The van der Waals surface area contributed by atoms with E-state index in [1.54, 1.807) is 6.92 Å². The molecule has 0 fully saturated rings. The monoisotopic (exact) mass is 169 g/mol. The Morgan fingerprint density at radius 1 is 1.50 bits per heavy atom. The molecule has 0 radical (unpaired) electrons. The van der Waals surface area contributed by atoms with E-state index in [9.17, 15) is 4.79 Å². The standard InChI is InChI=1S/C10H19NO/c1-6-10(4,5)7-11-9(12)8(2)3/h2,6-7H2,1,3-5H3,(H,11,12). The summed E-state index contributed by atoms with van der Waals surface area (Å²) < 4.78 is 0. The zero-order valence-electron chi connectivity index (χ0n) is 8.53. The molecule has 0 aromatic carbocycles. The fourth-order valence-corrected chi connectivity index (χ4v) is 0.595. The first-order valence-corrected chi connectivity index (χ1v) is 4.33. The lowest BCUT2D eigenvalue weighted by Gasteiger charge is -2.22. The number of carbonyl (C=O) groups is 1. The van der Waals surface area contributed by atoms with Crippen molar-refractivity contribution < 1.29 is 4.79 Å². The minimum Gasteiger partial charge on any atom is -0.352 e. The van der Waals surface area contributed by atoms with Gasteiger partial charge in [-0.25, -0.2) is 0 Å². The van der Waals surface area contributed by atoms with Crippen LogP contribution in [0.3, 0.4) is 0 Å². The highest BCUT2D eigenvalue weighted by Crippen LogP contribution is 2.17. The van der Waals surface area contributed by atoms with Gasteiger partial charge in [0.2, 0.25) is 5.91 Å². The van der Waals surface area contributed by atoms with Crippen molar-refractivity contribution in [3.05, 3.63) is 12.2 Å². The maximum atomic E-state index is 11.1. The number of rotatable bonds is 4. The van der Waals surface area contributed by atoms with E-state index in [4.69, 9.17) is 0 Å². The average molecular weight is 169 g/mol. The van der Waals surface area contributed by atoms with Gasteiger partial charge in [0.15, 0.2) is 0 Å². The van der Waals surface area contributed by atoms with E-state index in [1.807, 2.05) is 0 Å². The molecular weight excluding hydrogens is 150 g/mol. The summed E-state index contributed by atoms with van der Waals surface area (Å²) in [5.41, 5.74) is 0.757. The minimum absolute atomic E-state index is 0.0449. The molecule has 12 heavy (non-hydrogen) atoms. The number of carbonyl (C=O) groups excluding carboxylic acids is 1. The first-order chi connectivity index (χ1) is 5.39. The molecule has 0 saturated heterocycles. The fourth-order valence-electron chi connectivity index (χ4n) is 0.595. The molecule has 0 aromatic rings. The zero-order chi connectivity index (χ0) is 9.78. The molecule has 0 saturated carbocycles. The Hall–Kier alpha value is -0.790. The first kappa shape index (κ1) is 11.2. The van der Waals surface area contributed by atoms with Gasteiger partial charge in [0.25, 0.3) is 0 Å². The van der Waals surface area contributed by atoms with Gasteiger partial charge < -0.3 is 5.32 Å². The summed E-state index contributed by atoms with van der Waals surface area (Å²) in [6.07, 6.45) is 1.06. The van der Waals surface area contributed by atoms with Crippen LogP contribution in [0.5, 0.6) is 0 Å². The molecule has 0 aliphatic heterocycles. The zero-order valence-corrected chi connectivity index (χ0v) is 8.53. The molecule has 0 aromatic heterocycles. The topological polar surface area (TPSA) is 29.1 Å². The first-order valence-electron chi connectivity index (χ1n) is 4.33.